The summed E-state index contributed by atoms with van der Waals surface area (Å²) in [5.74, 6) is -4.53. The van der Waals surface area contributed by atoms with Gasteiger partial charge in [-0.2, -0.15) is 13.2 Å². The van der Waals surface area contributed by atoms with Crippen molar-refractivity contribution in [2.24, 2.45) is 17.8 Å². The summed E-state index contributed by atoms with van der Waals surface area (Å²) in [4.78, 5) is 57.6. The third kappa shape index (κ3) is 15.2. The van der Waals surface area contributed by atoms with Gasteiger partial charge in [0.25, 0.3) is 5.91 Å². The number of anilines is 1. The first kappa shape index (κ1) is 47.0. The van der Waals surface area contributed by atoms with E-state index >= 15 is 0 Å². The Bertz CT molecular complexity index is 1890. The number of sulfonamides is 1. The number of alkyl halides is 3. The van der Waals surface area contributed by atoms with Crippen molar-refractivity contribution in [3.8, 4) is 0 Å². The number of carbonyl (C=O) groups is 4. The molecule has 3 N–H and O–H groups in total. The minimum absolute atomic E-state index is 0.0653. The minimum Gasteiger partial charge on any atom is -0.371 e. The van der Waals surface area contributed by atoms with E-state index in [0.29, 0.717) is 30.9 Å². The Kier molecular flexibility index (Phi) is 17.7. The number of ether oxygens (including phenoxy) is 1. The van der Waals surface area contributed by atoms with Gasteiger partial charge in [0, 0.05) is 55.6 Å². The van der Waals surface area contributed by atoms with Gasteiger partial charge in [0.1, 0.15) is 16.8 Å². The maximum atomic E-state index is 13.7. The third-order valence-corrected chi connectivity index (χ3v) is 11.7. The number of carbonyl (C=O) groups excluding carboxylic acids is 4. The molecular formula is C40H54F3N5O7S2. The molecular weight excluding hydrogens is 784 g/mol. The van der Waals surface area contributed by atoms with Crippen molar-refractivity contribution in [3.05, 3.63) is 81.8 Å². The molecule has 314 valence electrons. The zero-order chi connectivity index (χ0) is 42.5. The minimum atomic E-state index is -5.09. The van der Waals surface area contributed by atoms with Gasteiger partial charge in [-0.15, -0.1) is 11.3 Å². The normalized spacial score (nSPS) is 14.6. The number of nitrogens with one attached hydrogen (secondary N) is 3. The molecule has 0 saturated carbocycles. The van der Waals surface area contributed by atoms with Crippen LogP contribution in [0.15, 0.2) is 60.0 Å². The number of nitrogens with zero attached hydrogens (tertiary/aromatic N) is 2. The molecule has 0 bridgehead atoms. The molecule has 0 spiro atoms. The number of hydrogen-bond donors (Lipinski definition) is 3. The Hall–Kier alpha value is -4.35. The van der Waals surface area contributed by atoms with Gasteiger partial charge in [-0.25, -0.2) is 13.4 Å². The van der Waals surface area contributed by atoms with Crippen molar-refractivity contribution in [1.29, 1.82) is 0 Å². The highest BCUT2D eigenvalue weighted by molar-refractivity contribution is 7.89. The van der Waals surface area contributed by atoms with Crippen LogP contribution in [0.1, 0.15) is 100.0 Å². The molecule has 1 heterocycles. The van der Waals surface area contributed by atoms with Crippen molar-refractivity contribution < 1.29 is 45.5 Å². The molecule has 0 radical (unpaired) electrons. The van der Waals surface area contributed by atoms with Crippen LogP contribution in [0, 0.1) is 17.8 Å². The highest BCUT2D eigenvalue weighted by atomic mass is 32.2. The average molecular weight is 838 g/mol. The van der Waals surface area contributed by atoms with Gasteiger partial charge in [0.15, 0.2) is 0 Å². The summed E-state index contributed by atoms with van der Waals surface area (Å²) < 4.78 is 71.7. The van der Waals surface area contributed by atoms with Crippen LogP contribution in [0.25, 0.3) is 0 Å². The molecule has 2 aromatic carbocycles. The average Bonchev–Trinajstić information content (AvgIpc) is 3.64. The van der Waals surface area contributed by atoms with E-state index in [4.69, 9.17) is 4.74 Å². The first-order valence-electron chi connectivity index (χ1n) is 18.9. The Balaban J connectivity index is 1.72. The van der Waals surface area contributed by atoms with E-state index in [2.05, 4.69) is 42.7 Å². The fraction of sp³-hybridized carbons (Fsp3) is 0.525. The predicted molar refractivity (Wildman–Crippen MR) is 214 cm³/mol. The summed E-state index contributed by atoms with van der Waals surface area (Å²) in [6.07, 6.45) is -3.31. The lowest BCUT2D eigenvalue weighted by Gasteiger charge is -2.34. The number of hydrogen-bond acceptors (Lipinski definition) is 9. The summed E-state index contributed by atoms with van der Waals surface area (Å²) in [5.41, 5.74) is 1.01. The summed E-state index contributed by atoms with van der Waals surface area (Å²) in [6, 6.07) is 13.2. The second kappa shape index (κ2) is 21.4. The van der Waals surface area contributed by atoms with Crippen molar-refractivity contribution in [3.63, 3.8) is 0 Å². The Morgan fingerprint density at radius 3 is 2.16 bits per heavy atom. The monoisotopic (exact) mass is 837 g/mol. The van der Waals surface area contributed by atoms with Crippen LogP contribution < -0.4 is 15.4 Å². The van der Waals surface area contributed by atoms with E-state index < -0.39 is 57.7 Å². The zero-order valence-corrected chi connectivity index (χ0v) is 35.0. The SMILES string of the molecule is CCO[C@H](C[C@H](C(C)C)N(C)C(=O)C[C@@H](C)CC)c1nc(C(=O)N[C@@H](Cc2ccccc2)C[C@H](C)C(=O)NS(=O)(=O)Cc2ccc(NC(=O)C(F)(F)F)cc2)cs1. The van der Waals surface area contributed by atoms with E-state index in [1.165, 1.54) is 30.4 Å². The van der Waals surface area contributed by atoms with Gasteiger partial charge in [-0.05, 0) is 54.9 Å². The predicted octanol–water partition coefficient (Wildman–Crippen LogP) is 7.04. The molecule has 0 aliphatic rings. The summed E-state index contributed by atoms with van der Waals surface area (Å²) in [7, 11) is -2.42. The number of benzene rings is 2. The van der Waals surface area contributed by atoms with Gasteiger partial charge in [-0.3, -0.25) is 23.9 Å². The lowest BCUT2D eigenvalue weighted by molar-refractivity contribution is -0.167. The van der Waals surface area contributed by atoms with Gasteiger partial charge < -0.3 is 20.3 Å². The number of rotatable bonds is 21. The van der Waals surface area contributed by atoms with Crippen molar-refractivity contribution in [2.75, 3.05) is 19.0 Å². The highest BCUT2D eigenvalue weighted by Crippen LogP contribution is 2.31. The van der Waals surface area contributed by atoms with E-state index in [1.54, 1.807) is 15.6 Å². The van der Waals surface area contributed by atoms with Gasteiger partial charge in [0.05, 0.1) is 5.75 Å². The number of amides is 4. The Morgan fingerprint density at radius 2 is 1.58 bits per heavy atom. The van der Waals surface area contributed by atoms with Crippen LogP contribution in [-0.2, 0) is 41.3 Å². The van der Waals surface area contributed by atoms with E-state index in [9.17, 15) is 40.8 Å². The largest absolute Gasteiger partial charge is 0.471 e. The molecule has 57 heavy (non-hydrogen) atoms. The molecule has 0 saturated heterocycles. The van der Waals surface area contributed by atoms with Gasteiger partial charge in [-0.1, -0.05) is 83.5 Å². The van der Waals surface area contributed by atoms with Crippen LogP contribution in [0.4, 0.5) is 18.9 Å². The Labute approximate surface area is 337 Å². The molecule has 17 heteroatoms. The molecule has 3 rings (SSSR count). The maximum absolute atomic E-state index is 13.7. The summed E-state index contributed by atoms with van der Waals surface area (Å²) in [6.45, 7) is 12.0. The fourth-order valence-corrected chi connectivity index (χ4v) is 8.20. The second-order valence-electron chi connectivity index (χ2n) is 14.7. The van der Waals surface area contributed by atoms with E-state index in [-0.39, 0.29) is 47.2 Å². The lowest BCUT2D eigenvalue weighted by Crippen LogP contribution is -2.42. The van der Waals surface area contributed by atoms with E-state index in [1.807, 2.05) is 44.3 Å². The first-order valence-corrected chi connectivity index (χ1v) is 21.4. The molecule has 0 aliphatic heterocycles. The third-order valence-electron chi connectivity index (χ3n) is 9.56. The Morgan fingerprint density at radius 1 is 0.930 bits per heavy atom. The van der Waals surface area contributed by atoms with Crippen LogP contribution >= 0.6 is 11.3 Å². The molecule has 0 unspecified atom stereocenters. The van der Waals surface area contributed by atoms with Crippen LogP contribution in [-0.4, -0.2) is 73.8 Å². The number of halogens is 3. The molecule has 0 fully saturated rings. The molecule has 0 aliphatic carbocycles. The first-order chi connectivity index (χ1) is 26.7. The smallest absolute Gasteiger partial charge is 0.371 e. The quantitative estimate of drug-likeness (QED) is 0.103. The van der Waals surface area contributed by atoms with Crippen LogP contribution in [0.5, 0.6) is 0 Å². The molecule has 5 atom stereocenters. The molecule has 12 nitrogen and oxygen atoms in total. The topological polar surface area (TPSA) is 164 Å². The fourth-order valence-electron chi connectivity index (χ4n) is 6.13. The van der Waals surface area contributed by atoms with E-state index in [0.717, 1.165) is 24.1 Å². The number of thiazole rings is 1. The summed E-state index contributed by atoms with van der Waals surface area (Å²) in [5, 5.41) is 6.89. The molecule has 1 aromatic heterocycles. The van der Waals surface area contributed by atoms with Crippen molar-refractivity contribution in [2.45, 2.75) is 104 Å². The maximum Gasteiger partial charge on any atom is 0.471 e. The second-order valence-corrected chi connectivity index (χ2v) is 17.3. The zero-order valence-electron chi connectivity index (χ0n) is 33.4. The van der Waals surface area contributed by atoms with Crippen LogP contribution in [0.3, 0.4) is 0 Å². The standard InChI is InChI=1S/C40H54F3N5O7S2/c1-8-26(5)19-35(49)48(7)33(25(3)4)22-34(55-9-2)38-46-32(23-56-38)37(51)44-31(21-28-13-11-10-12-14-28)20-27(6)36(50)47-57(53,54)24-29-15-17-30(18-16-29)45-39(52)40(41,42)43/h10-18,23,25-27,31,33-34H,8-9,19-22,24H2,1-7H3,(H,44,51)(H,45,52)(H,47,50)/t26-,27-,31+,33+,34+/m0/s1. The summed E-state index contributed by atoms with van der Waals surface area (Å²) >= 11 is 1.28. The lowest BCUT2D eigenvalue weighted by atomic mass is 9.95. The highest BCUT2D eigenvalue weighted by Gasteiger charge is 2.38. The van der Waals surface area contributed by atoms with Crippen LogP contribution in [0.2, 0.25) is 0 Å². The van der Waals surface area contributed by atoms with Crippen molar-refractivity contribution in [1.82, 2.24) is 19.9 Å². The van der Waals surface area contributed by atoms with Gasteiger partial charge in [0.2, 0.25) is 21.8 Å². The van der Waals surface area contributed by atoms with Crippen molar-refractivity contribution >= 4 is 50.7 Å². The molecule has 4 amide bonds. The van der Waals surface area contributed by atoms with Gasteiger partial charge >= 0.3 is 12.1 Å². The number of aromatic nitrogens is 1. The molecule has 3 aromatic rings.